The predicted octanol–water partition coefficient (Wildman–Crippen LogP) is 6.65. The van der Waals surface area contributed by atoms with Gasteiger partial charge in [0.25, 0.3) is 5.78 Å². The molecular formula is C32H28FN5O4S2. The molecule has 4 heterocycles. The van der Waals surface area contributed by atoms with Gasteiger partial charge in [-0.15, -0.1) is 10.2 Å². The van der Waals surface area contributed by atoms with Crippen LogP contribution in [0.5, 0.6) is 5.75 Å². The molecule has 44 heavy (non-hydrogen) atoms. The van der Waals surface area contributed by atoms with E-state index in [0.29, 0.717) is 39.4 Å². The summed E-state index contributed by atoms with van der Waals surface area (Å²) in [7, 11) is 0. The van der Waals surface area contributed by atoms with Gasteiger partial charge in [-0.2, -0.15) is 0 Å². The number of hydrogen-bond acceptors (Lipinski definition) is 9. The van der Waals surface area contributed by atoms with Crippen molar-refractivity contribution in [1.29, 1.82) is 0 Å². The molecule has 1 aliphatic heterocycles. The molecular weight excluding hydrogens is 602 g/mol. The zero-order valence-corrected chi connectivity index (χ0v) is 25.8. The van der Waals surface area contributed by atoms with E-state index in [1.165, 1.54) is 28.8 Å². The summed E-state index contributed by atoms with van der Waals surface area (Å²) in [5.41, 5.74) is 3.79. The van der Waals surface area contributed by atoms with Gasteiger partial charge < -0.3 is 14.2 Å². The molecule has 2 aromatic carbocycles. The van der Waals surface area contributed by atoms with Crippen LogP contribution < -0.4 is 9.64 Å². The third-order valence-electron chi connectivity index (χ3n) is 7.30. The highest BCUT2D eigenvalue weighted by Crippen LogP contribution is 2.44. The van der Waals surface area contributed by atoms with Gasteiger partial charge in [0.2, 0.25) is 5.13 Å². The van der Waals surface area contributed by atoms with Crippen molar-refractivity contribution < 1.29 is 23.8 Å². The molecule has 1 fully saturated rings. The summed E-state index contributed by atoms with van der Waals surface area (Å²) in [5, 5.41) is 20.4. The van der Waals surface area contributed by atoms with E-state index in [4.69, 9.17) is 4.74 Å². The van der Waals surface area contributed by atoms with E-state index in [9.17, 15) is 19.1 Å². The van der Waals surface area contributed by atoms with Gasteiger partial charge in [0, 0.05) is 11.9 Å². The van der Waals surface area contributed by atoms with Gasteiger partial charge in [-0.05, 0) is 67.3 Å². The summed E-state index contributed by atoms with van der Waals surface area (Å²) in [6.07, 6.45) is 2.68. The molecule has 3 aromatic heterocycles. The zero-order chi connectivity index (χ0) is 31.0. The van der Waals surface area contributed by atoms with E-state index < -0.39 is 17.7 Å². The number of fused-ring (bicyclic) bond motifs is 1. The number of ketones is 1. The number of anilines is 1. The van der Waals surface area contributed by atoms with Crippen molar-refractivity contribution >= 4 is 51.3 Å². The molecule has 9 nitrogen and oxygen atoms in total. The number of amides is 1. The predicted molar refractivity (Wildman–Crippen MR) is 168 cm³/mol. The summed E-state index contributed by atoms with van der Waals surface area (Å²) in [5.74, 6) is -1.18. The maximum atomic E-state index is 13.7. The van der Waals surface area contributed by atoms with Crippen molar-refractivity contribution in [2.75, 3.05) is 11.5 Å². The van der Waals surface area contributed by atoms with Crippen molar-refractivity contribution in [2.24, 2.45) is 0 Å². The second kappa shape index (κ2) is 12.2. The number of hydrogen-bond donors (Lipinski definition) is 1. The third-order valence-corrected chi connectivity index (χ3v) is 9.43. The Hall–Kier alpha value is -4.55. The first-order valence-electron chi connectivity index (χ1n) is 14.0. The number of aliphatic hydroxyl groups is 1. The van der Waals surface area contributed by atoms with Gasteiger partial charge in [0.05, 0.1) is 23.9 Å². The molecule has 0 aliphatic carbocycles. The number of thioether (sulfide) groups is 1. The first-order chi connectivity index (χ1) is 21.3. The van der Waals surface area contributed by atoms with E-state index in [1.807, 2.05) is 36.6 Å². The molecule has 6 rings (SSSR count). The lowest BCUT2D eigenvalue weighted by Crippen LogP contribution is -2.29. The number of halogens is 1. The fourth-order valence-corrected chi connectivity index (χ4v) is 6.89. The second-order valence-corrected chi connectivity index (χ2v) is 12.5. The zero-order valence-electron chi connectivity index (χ0n) is 24.2. The van der Waals surface area contributed by atoms with Gasteiger partial charge in [-0.25, -0.2) is 9.37 Å². The van der Waals surface area contributed by atoms with Crippen LogP contribution in [0.25, 0.3) is 11.4 Å². The lowest BCUT2D eigenvalue weighted by atomic mass is 9.96. The number of rotatable bonds is 9. The van der Waals surface area contributed by atoms with Crippen LogP contribution in [0.3, 0.4) is 0 Å². The lowest BCUT2D eigenvalue weighted by Gasteiger charge is -2.22. The highest BCUT2D eigenvalue weighted by Gasteiger charge is 2.49. The van der Waals surface area contributed by atoms with Crippen molar-refractivity contribution in [2.45, 2.75) is 43.3 Å². The van der Waals surface area contributed by atoms with E-state index in [-0.39, 0.29) is 28.0 Å². The highest BCUT2D eigenvalue weighted by atomic mass is 32.2. The van der Waals surface area contributed by atoms with Gasteiger partial charge in [0.15, 0.2) is 10.1 Å². The number of nitrogens with zero attached hydrogens (tertiary/aromatic N) is 5. The van der Waals surface area contributed by atoms with Crippen LogP contribution in [0.2, 0.25) is 0 Å². The number of ether oxygens (including phenoxy) is 1. The standard InChI is InChI=1S/C32H28FN5O4S2/c1-4-16-42-23-13-9-21(10-14-23)26-24(27(39)25-19(3)37-15-5-6-18(2)29(37)34-25)28(40)30(41)38(26)31-35-36-32(44-31)43-17-20-7-11-22(33)12-8-20/h5-15,26,39H,4,16-17H2,1-3H3/b27-24+. The number of Topliss-reactive ketones (excluding diaryl/α,β-unsaturated/α-hetero) is 1. The van der Waals surface area contributed by atoms with Crippen LogP contribution in [0, 0.1) is 19.7 Å². The van der Waals surface area contributed by atoms with Gasteiger partial charge >= 0.3 is 5.91 Å². The molecule has 1 unspecified atom stereocenters. The number of imidazole rings is 1. The molecule has 0 radical (unpaired) electrons. The maximum absolute atomic E-state index is 13.7. The summed E-state index contributed by atoms with van der Waals surface area (Å²) >= 11 is 2.55. The molecule has 0 bridgehead atoms. The van der Waals surface area contributed by atoms with Gasteiger partial charge in [-0.3, -0.25) is 14.5 Å². The normalized spacial score (nSPS) is 16.3. The van der Waals surface area contributed by atoms with Crippen LogP contribution in [0.1, 0.15) is 47.5 Å². The lowest BCUT2D eigenvalue weighted by molar-refractivity contribution is -0.132. The molecule has 1 N–H and O–H groups in total. The van der Waals surface area contributed by atoms with Crippen LogP contribution >= 0.6 is 23.1 Å². The van der Waals surface area contributed by atoms with E-state index in [1.54, 1.807) is 43.3 Å². The molecule has 224 valence electrons. The molecule has 1 aliphatic rings. The minimum Gasteiger partial charge on any atom is -0.505 e. The molecule has 5 aromatic rings. The number of carbonyl (C=O) groups excluding carboxylic acids is 2. The van der Waals surface area contributed by atoms with Gasteiger partial charge in [0.1, 0.15) is 22.9 Å². The second-order valence-electron chi connectivity index (χ2n) is 10.3. The largest absolute Gasteiger partial charge is 0.505 e. The number of aromatic nitrogens is 4. The monoisotopic (exact) mass is 629 g/mol. The Bertz CT molecular complexity index is 1900. The number of aryl methyl sites for hydroxylation is 2. The average Bonchev–Trinajstić information content (AvgIpc) is 3.71. The Kier molecular flexibility index (Phi) is 8.19. The molecule has 0 spiro atoms. The van der Waals surface area contributed by atoms with Crippen LogP contribution in [-0.2, 0) is 15.3 Å². The Labute approximate surface area is 261 Å². The highest BCUT2D eigenvalue weighted by molar-refractivity contribution is 8.00. The minimum absolute atomic E-state index is 0.0860. The first-order valence-corrected chi connectivity index (χ1v) is 15.8. The minimum atomic E-state index is -0.983. The number of carbonyl (C=O) groups is 2. The van der Waals surface area contributed by atoms with E-state index in [2.05, 4.69) is 15.2 Å². The van der Waals surface area contributed by atoms with Crippen molar-refractivity contribution in [3.05, 3.63) is 106 Å². The first kappa shape index (κ1) is 29.5. The summed E-state index contributed by atoms with van der Waals surface area (Å²) in [4.78, 5) is 33.3. The number of pyridine rings is 1. The fraction of sp³-hybridized carbons (Fsp3) is 0.219. The molecule has 12 heteroatoms. The van der Waals surface area contributed by atoms with Crippen molar-refractivity contribution in [3.63, 3.8) is 0 Å². The average molecular weight is 630 g/mol. The maximum Gasteiger partial charge on any atom is 0.301 e. The molecule has 1 saturated heterocycles. The quantitative estimate of drug-likeness (QED) is 0.0635. The third kappa shape index (κ3) is 5.46. The summed E-state index contributed by atoms with van der Waals surface area (Å²) in [6, 6.07) is 16.1. The molecule has 1 atom stereocenters. The number of aliphatic hydroxyl groups excluding tert-OH is 1. The Balaban J connectivity index is 1.42. The smallest absolute Gasteiger partial charge is 0.301 e. The summed E-state index contributed by atoms with van der Waals surface area (Å²) in [6.45, 7) is 6.27. The van der Waals surface area contributed by atoms with Crippen LogP contribution in [-0.4, -0.2) is 43.0 Å². The number of benzene rings is 2. The fourth-order valence-electron chi connectivity index (χ4n) is 5.07. The van der Waals surface area contributed by atoms with Gasteiger partial charge in [-0.1, -0.05) is 60.4 Å². The van der Waals surface area contributed by atoms with Crippen LogP contribution in [0.4, 0.5) is 9.52 Å². The Morgan fingerprint density at radius 3 is 2.52 bits per heavy atom. The van der Waals surface area contributed by atoms with Crippen LogP contribution in [0.15, 0.2) is 76.8 Å². The van der Waals surface area contributed by atoms with Crippen molar-refractivity contribution in [3.8, 4) is 5.75 Å². The molecule has 0 saturated carbocycles. The molecule has 1 amide bonds. The van der Waals surface area contributed by atoms with E-state index in [0.717, 1.165) is 28.9 Å². The van der Waals surface area contributed by atoms with E-state index >= 15 is 0 Å². The SMILES string of the molecule is CCCOc1ccc(C2/C(=C(\O)c3nc4c(C)cccn4c3C)C(=O)C(=O)N2c2nnc(SCc3ccc(F)cc3)s2)cc1. The topological polar surface area (TPSA) is 110 Å². The Morgan fingerprint density at radius 2 is 1.82 bits per heavy atom. The van der Waals surface area contributed by atoms with Crippen molar-refractivity contribution in [1.82, 2.24) is 19.6 Å². The summed E-state index contributed by atoms with van der Waals surface area (Å²) < 4.78 is 21.5. The Morgan fingerprint density at radius 1 is 1.07 bits per heavy atom.